The Morgan fingerprint density at radius 1 is 1.11 bits per heavy atom. The summed E-state index contributed by atoms with van der Waals surface area (Å²) in [4.78, 5) is 30.4. The monoisotopic (exact) mass is 373 g/mol. The largest absolute Gasteiger partial charge is 0.389 e. The number of rotatable bonds is 3. The lowest BCUT2D eigenvalue weighted by molar-refractivity contribution is -0.141. The zero-order valence-corrected chi connectivity index (χ0v) is 16.4. The van der Waals surface area contributed by atoms with Gasteiger partial charge in [0, 0.05) is 46.7 Å². The summed E-state index contributed by atoms with van der Waals surface area (Å²) in [5, 5.41) is 10.9. The van der Waals surface area contributed by atoms with E-state index in [-0.39, 0.29) is 17.9 Å². The van der Waals surface area contributed by atoms with Gasteiger partial charge >= 0.3 is 6.03 Å². The van der Waals surface area contributed by atoms with Crippen molar-refractivity contribution in [3.8, 4) is 0 Å². The molecule has 0 bridgehead atoms. The fourth-order valence-corrected chi connectivity index (χ4v) is 4.19. The number of aliphatic hydroxyl groups is 1. The van der Waals surface area contributed by atoms with E-state index in [1.807, 2.05) is 35.2 Å². The molecule has 0 aliphatic carbocycles. The number of piperidine rings is 2. The van der Waals surface area contributed by atoms with Crippen molar-refractivity contribution in [2.75, 3.05) is 40.3 Å². The first-order chi connectivity index (χ1) is 12.9. The van der Waals surface area contributed by atoms with Crippen LogP contribution < -0.4 is 0 Å². The van der Waals surface area contributed by atoms with Crippen molar-refractivity contribution >= 4 is 11.9 Å². The fraction of sp³-hybridized carbons (Fsp3) is 0.619. The van der Waals surface area contributed by atoms with Gasteiger partial charge in [0.2, 0.25) is 5.91 Å². The highest BCUT2D eigenvalue weighted by atomic mass is 16.3. The minimum Gasteiger partial charge on any atom is -0.389 e. The molecule has 2 saturated heterocycles. The maximum atomic E-state index is 13.0. The lowest BCUT2D eigenvalue weighted by atomic mass is 9.84. The summed E-state index contributed by atoms with van der Waals surface area (Å²) in [5.41, 5.74) is 0.391. The summed E-state index contributed by atoms with van der Waals surface area (Å²) in [5.74, 6) is 0.0102. The first-order valence-electron chi connectivity index (χ1n) is 9.89. The SMILES string of the molecule is CN(C)C(=O)N1CCCC(C(=O)N2CCC(O)(Cc3ccccc3)CC2)C1. The molecule has 3 amide bonds. The van der Waals surface area contributed by atoms with E-state index in [1.165, 1.54) is 0 Å². The predicted molar refractivity (Wildman–Crippen MR) is 104 cm³/mol. The molecule has 1 aromatic carbocycles. The molecular weight excluding hydrogens is 342 g/mol. The van der Waals surface area contributed by atoms with Gasteiger partial charge in [-0.3, -0.25) is 4.79 Å². The molecule has 3 rings (SSSR count). The molecule has 0 radical (unpaired) electrons. The smallest absolute Gasteiger partial charge is 0.319 e. The van der Waals surface area contributed by atoms with E-state index in [0.29, 0.717) is 38.9 Å². The Kier molecular flexibility index (Phi) is 6.05. The summed E-state index contributed by atoms with van der Waals surface area (Å²) in [6.45, 7) is 2.39. The van der Waals surface area contributed by atoms with E-state index in [2.05, 4.69) is 0 Å². The van der Waals surface area contributed by atoms with Gasteiger partial charge in [-0.1, -0.05) is 30.3 Å². The average Bonchev–Trinajstić information content (AvgIpc) is 2.68. The van der Waals surface area contributed by atoms with Gasteiger partial charge in [-0.25, -0.2) is 4.79 Å². The molecule has 0 spiro atoms. The highest BCUT2D eigenvalue weighted by molar-refractivity contribution is 5.81. The minimum absolute atomic E-state index is 0.0246. The van der Waals surface area contributed by atoms with Gasteiger partial charge in [-0.15, -0.1) is 0 Å². The Balaban J connectivity index is 1.54. The Hall–Kier alpha value is -2.08. The van der Waals surface area contributed by atoms with Crippen LogP contribution in [0.15, 0.2) is 30.3 Å². The van der Waals surface area contributed by atoms with Crippen LogP contribution in [0.3, 0.4) is 0 Å². The molecule has 0 saturated carbocycles. The molecule has 1 atom stereocenters. The van der Waals surface area contributed by atoms with Crippen molar-refractivity contribution in [2.45, 2.75) is 37.7 Å². The van der Waals surface area contributed by atoms with Gasteiger partial charge in [-0.2, -0.15) is 0 Å². The van der Waals surface area contributed by atoms with E-state index in [1.54, 1.807) is 23.9 Å². The van der Waals surface area contributed by atoms with E-state index < -0.39 is 5.60 Å². The van der Waals surface area contributed by atoms with Gasteiger partial charge in [0.15, 0.2) is 0 Å². The lowest BCUT2D eigenvalue weighted by Gasteiger charge is -2.41. The quantitative estimate of drug-likeness (QED) is 0.881. The number of likely N-dealkylation sites (tertiary alicyclic amines) is 2. The van der Waals surface area contributed by atoms with E-state index in [0.717, 1.165) is 24.9 Å². The minimum atomic E-state index is -0.738. The van der Waals surface area contributed by atoms with Crippen LogP contribution in [0.25, 0.3) is 0 Å². The summed E-state index contributed by atoms with van der Waals surface area (Å²) in [6, 6.07) is 10.00. The Morgan fingerprint density at radius 3 is 2.41 bits per heavy atom. The maximum Gasteiger partial charge on any atom is 0.319 e. The third kappa shape index (κ3) is 4.80. The van der Waals surface area contributed by atoms with Gasteiger partial charge in [0.1, 0.15) is 0 Å². The van der Waals surface area contributed by atoms with E-state index in [4.69, 9.17) is 0 Å². The second-order valence-electron chi connectivity index (χ2n) is 8.17. The molecule has 1 N–H and O–H groups in total. The summed E-state index contributed by atoms with van der Waals surface area (Å²) < 4.78 is 0. The van der Waals surface area contributed by atoms with Gasteiger partial charge in [-0.05, 0) is 31.2 Å². The van der Waals surface area contributed by atoms with Crippen molar-refractivity contribution in [2.24, 2.45) is 5.92 Å². The number of carbonyl (C=O) groups is 2. The average molecular weight is 373 g/mol. The Bertz CT molecular complexity index is 654. The number of benzene rings is 1. The number of urea groups is 1. The van der Waals surface area contributed by atoms with Crippen LogP contribution in [0.4, 0.5) is 4.79 Å². The van der Waals surface area contributed by atoms with Crippen LogP contribution >= 0.6 is 0 Å². The van der Waals surface area contributed by atoms with Crippen molar-refractivity contribution in [1.82, 2.24) is 14.7 Å². The number of hydrogen-bond donors (Lipinski definition) is 1. The Morgan fingerprint density at radius 2 is 1.78 bits per heavy atom. The number of nitrogens with zero attached hydrogens (tertiary/aromatic N) is 3. The Labute approximate surface area is 161 Å². The fourth-order valence-electron chi connectivity index (χ4n) is 4.19. The number of hydrogen-bond acceptors (Lipinski definition) is 3. The normalized spacial score (nSPS) is 22.4. The van der Waals surface area contributed by atoms with Gasteiger partial charge in [0.05, 0.1) is 11.5 Å². The third-order valence-electron chi connectivity index (χ3n) is 5.81. The summed E-state index contributed by atoms with van der Waals surface area (Å²) in [7, 11) is 3.48. The summed E-state index contributed by atoms with van der Waals surface area (Å²) >= 11 is 0. The second-order valence-corrected chi connectivity index (χ2v) is 8.17. The van der Waals surface area contributed by atoms with Gasteiger partial charge < -0.3 is 19.8 Å². The van der Waals surface area contributed by atoms with Crippen molar-refractivity contribution in [3.05, 3.63) is 35.9 Å². The molecule has 2 aliphatic rings. The lowest BCUT2D eigenvalue weighted by Crippen LogP contribution is -2.53. The first-order valence-corrected chi connectivity index (χ1v) is 9.89. The topological polar surface area (TPSA) is 64.1 Å². The highest BCUT2D eigenvalue weighted by Crippen LogP contribution is 2.28. The van der Waals surface area contributed by atoms with Crippen LogP contribution in [0, 0.1) is 5.92 Å². The van der Waals surface area contributed by atoms with Crippen LogP contribution in [-0.4, -0.2) is 77.6 Å². The van der Waals surface area contributed by atoms with Crippen molar-refractivity contribution < 1.29 is 14.7 Å². The van der Waals surface area contributed by atoms with Crippen molar-refractivity contribution in [3.63, 3.8) is 0 Å². The van der Waals surface area contributed by atoms with Crippen molar-refractivity contribution in [1.29, 1.82) is 0 Å². The van der Waals surface area contributed by atoms with E-state index in [9.17, 15) is 14.7 Å². The molecule has 1 aromatic rings. The third-order valence-corrected chi connectivity index (χ3v) is 5.81. The zero-order chi connectivity index (χ0) is 19.4. The number of carbonyl (C=O) groups excluding carboxylic acids is 2. The molecule has 2 fully saturated rings. The summed E-state index contributed by atoms with van der Waals surface area (Å²) in [6.07, 6.45) is 3.52. The molecule has 6 heteroatoms. The van der Waals surface area contributed by atoms with E-state index >= 15 is 0 Å². The van der Waals surface area contributed by atoms with Crippen LogP contribution in [0.1, 0.15) is 31.2 Å². The van der Waals surface area contributed by atoms with Gasteiger partial charge in [0.25, 0.3) is 0 Å². The molecular formula is C21H31N3O3. The second kappa shape index (κ2) is 8.30. The first kappa shape index (κ1) is 19.7. The maximum absolute atomic E-state index is 13.0. The van der Waals surface area contributed by atoms with Crippen LogP contribution in [0.2, 0.25) is 0 Å². The predicted octanol–water partition coefficient (Wildman–Crippen LogP) is 1.98. The molecule has 148 valence electrons. The molecule has 2 heterocycles. The number of amides is 3. The van der Waals surface area contributed by atoms with Crippen LogP contribution in [0.5, 0.6) is 0 Å². The molecule has 1 unspecified atom stereocenters. The molecule has 27 heavy (non-hydrogen) atoms. The molecule has 2 aliphatic heterocycles. The molecule has 0 aromatic heterocycles. The zero-order valence-electron chi connectivity index (χ0n) is 16.4. The molecule has 6 nitrogen and oxygen atoms in total. The standard InChI is InChI=1S/C21H31N3O3/c1-22(2)20(26)24-12-6-9-18(16-24)19(25)23-13-10-21(27,11-14-23)15-17-7-4-3-5-8-17/h3-5,7-8,18,27H,6,9-16H2,1-2H3. The van der Waals surface area contributed by atoms with Crippen LogP contribution in [-0.2, 0) is 11.2 Å². The highest BCUT2D eigenvalue weighted by Gasteiger charge is 2.37.